The molecule has 1 heterocycles. The van der Waals surface area contributed by atoms with Crippen LogP contribution in [0.25, 0.3) is 6.08 Å². The smallest absolute Gasteiger partial charge is 0.266 e. The largest absolute Gasteiger partial charge is 0.548 e. The van der Waals surface area contributed by atoms with Gasteiger partial charge in [-0.1, -0.05) is 60.4 Å². The predicted octanol–water partition coefficient (Wildman–Crippen LogP) is 1.96. The normalized spacial score (nSPS) is 16.5. The lowest BCUT2D eigenvalue weighted by molar-refractivity contribution is -0.310. The van der Waals surface area contributed by atoms with Gasteiger partial charge >= 0.3 is 0 Å². The summed E-state index contributed by atoms with van der Waals surface area (Å²) in [6.07, 6.45) is 1.67. The van der Waals surface area contributed by atoms with Gasteiger partial charge in [-0.2, -0.15) is 0 Å². The van der Waals surface area contributed by atoms with Crippen molar-refractivity contribution in [3.05, 3.63) is 64.6 Å². The summed E-state index contributed by atoms with van der Waals surface area (Å²) in [7, 11) is 1.42. The molecule has 1 aliphatic rings. The van der Waals surface area contributed by atoms with Crippen LogP contribution in [0.3, 0.4) is 0 Å². The Labute approximate surface area is 171 Å². The summed E-state index contributed by atoms with van der Waals surface area (Å²) in [6.45, 7) is 0. The van der Waals surface area contributed by atoms with Crippen LogP contribution in [0, 0.1) is 0 Å². The first kappa shape index (κ1) is 19.9. The lowest BCUT2D eigenvalue weighted by Gasteiger charge is -2.27. The van der Waals surface area contributed by atoms with E-state index in [-0.39, 0.29) is 27.1 Å². The van der Waals surface area contributed by atoms with E-state index in [9.17, 15) is 19.8 Å². The molecular weight excluding hydrogens is 398 g/mol. The Morgan fingerprint density at radius 2 is 2.04 bits per heavy atom. The average molecular weight is 414 g/mol. The van der Waals surface area contributed by atoms with E-state index in [0.29, 0.717) is 5.56 Å². The number of aromatic hydroxyl groups is 1. The fraction of sp³-hybridized carbons (Fsp3) is 0.150. The third kappa shape index (κ3) is 4.18. The lowest BCUT2D eigenvalue weighted by Crippen LogP contribution is -2.51. The molecule has 8 heteroatoms. The summed E-state index contributed by atoms with van der Waals surface area (Å²) < 4.78 is 5.22. The molecule has 1 atom stereocenters. The number of carboxylic acids is 1. The average Bonchev–Trinajstić information content (AvgIpc) is 2.95. The van der Waals surface area contributed by atoms with Crippen molar-refractivity contribution >= 4 is 46.3 Å². The van der Waals surface area contributed by atoms with E-state index in [1.165, 1.54) is 13.2 Å². The monoisotopic (exact) mass is 414 g/mol. The lowest BCUT2D eigenvalue weighted by atomic mass is 10.0. The molecule has 2 aromatic carbocycles. The molecule has 1 amide bonds. The predicted molar refractivity (Wildman–Crippen MR) is 109 cm³/mol. The van der Waals surface area contributed by atoms with Crippen molar-refractivity contribution in [3.8, 4) is 11.5 Å². The van der Waals surface area contributed by atoms with Gasteiger partial charge in [-0.3, -0.25) is 9.69 Å². The quantitative estimate of drug-likeness (QED) is 0.571. The van der Waals surface area contributed by atoms with Crippen LogP contribution in [-0.4, -0.2) is 39.4 Å². The van der Waals surface area contributed by atoms with Gasteiger partial charge < -0.3 is 19.7 Å². The van der Waals surface area contributed by atoms with Crippen LogP contribution in [-0.2, 0) is 16.0 Å². The summed E-state index contributed by atoms with van der Waals surface area (Å²) in [5.41, 5.74) is 1.38. The molecule has 0 aliphatic carbocycles. The van der Waals surface area contributed by atoms with E-state index in [0.717, 1.165) is 22.2 Å². The number of amides is 1. The second-order valence-corrected chi connectivity index (χ2v) is 7.68. The second kappa shape index (κ2) is 8.45. The Bertz CT molecular complexity index is 958. The Balaban J connectivity index is 1.88. The minimum absolute atomic E-state index is 0.0212. The standard InChI is InChI=1S/C20H17NO5S2/c1-26-16-10-13(7-8-15(16)22)11-17-18(23)21(20(27)28-17)14(19(24)25)9-12-5-3-2-4-6-12/h2-8,10-11,14,22H,9H2,1H3,(H,24,25)/p-1/b17-11-/t14-/m0/s1. The van der Waals surface area contributed by atoms with Crippen molar-refractivity contribution in [2.75, 3.05) is 7.11 Å². The van der Waals surface area contributed by atoms with Crippen LogP contribution in [0.5, 0.6) is 11.5 Å². The number of carbonyl (C=O) groups is 2. The number of thioether (sulfide) groups is 1. The van der Waals surface area contributed by atoms with Crippen molar-refractivity contribution in [1.82, 2.24) is 4.90 Å². The summed E-state index contributed by atoms with van der Waals surface area (Å²) in [6, 6.07) is 12.4. The van der Waals surface area contributed by atoms with Crippen molar-refractivity contribution < 1.29 is 24.5 Å². The van der Waals surface area contributed by atoms with E-state index >= 15 is 0 Å². The number of hydrogen-bond acceptors (Lipinski definition) is 7. The zero-order chi connectivity index (χ0) is 20.3. The van der Waals surface area contributed by atoms with E-state index in [4.69, 9.17) is 17.0 Å². The van der Waals surface area contributed by atoms with E-state index < -0.39 is 17.9 Å². The van der Waals surface area contributed by atoms with Gasteiger partial charge in [0.25, 0.3) is 5.91 Å². The van der Waals surface area contributed by atoms with Gasteiger partial charge in [0.1, 0.15) is 4.32 Å². The molecule has 0 bridgehead atoms. The first-order valence-electron chi connectivity index (χ1n) is 8.29. The van der Waals surface area contributed by atoms with Gasteiger partial charge in [-0.05, 0) is 35.8 Å². The molecule has 1 saturated heterocycles. The maximum absolute atomic E-state index is 12.9. The van der Waals surface area contributed by atoms with Crippen LogP contribution in [0.1, 0.15) is 11.1 Å². The zero-order valence-corrected chi connectivity index (χ0v) is 16.5. The number of carboxylic acid groups (broad SMARTS) is 1. The summed E-state index contributed by atoms with van der Waals surface area (Å²) >= 11 is 6.29. The van der Waals surface area contributed by atoms with Crippen LogP contribution in [0.15, 0.2) is 53.4 Å². The van der Waals surface area contributed by atoms with Gasteiger partial charge in [-0.15, -0.1) is 0 Å². The Morgan fingerprint density at radius 3 is 2.68 bits per heavy atom. The highest BCUT2D eigenvalue weighted by Crippen LogP contribution is 2.36. The highest BCUT2D eigenvalue weighted by Gasteiger charge is 2.37. The highest BCUT2D eigenvalue weighted by molar-refractivity contribution is 8.26. The Kier molecular flexibility index (Phi) is 6.01. The molecule has 0 saturated carbocycles. The van der Waals surface area contributed by atoms with E-state index in [2.05, 4.69) is 0 Å². The third-order valence-corrected chi connectivity index (χ3v) is 5.51. The number of benzene rings is 2. The number of methoxy groups -OCH3 is 1. The van der Waals surface area contributed by atoms with Gasteiger partial charge in [0.2, 0.25) is 0 Å². The van der Waals surface area contributed by atoms with Gasteiger partial charge in [-0.25, -0.2) is 0 Å². The van der Waals surface area contributed by atoms with Crippen molar-refractivity contribution in [2.24, 2.45) is 0 Å². The first-order valence-corrected chi connectivity index (χ1v) is 9.52. The summed E-state index contributed by atoms with van der Waals surface area (Å²) in [5.74, 6) is -1.62. The molecule has 0 aromatic heterocycles. The van der Waals surface area contributed by atoms with Crippen LogP contribution in [0.2, 0.25) is 0 Å². The maximum atomic E-state index is 12.9. The number of aliphatic carboxylic acids is 1. The molecule has 0 spiro atoms. The SMILES string of the molecule is COc1cc(/C=C2\SC(=S)N([C@@H](Cc3ccccc3)C(=O)[O-])C2=O)ccc1O. The molecule has 3 rings (SSSR count). The molecular formula is C20H16NO5S2-. The maximum Gasteiger partial charge on any atom is 0.266 e. The van der Waals surface area contributed by atoms with Gasteiger partial charge in [0.15, 0.2) is 11.5 Å². The van der Waals surface area contributed by atoms with Crippen LogP contribution < -0.4 is 9.84 Å². The zero-order valence-electron chi connectivity index (χ0n) is 14.8. The molecule has 1 fully saturated rings. The minimum atomic E-state index is -1.37. The second-order valence-electron chi connectivity index (χ2n) is 6.01. The Morgan fingerprint density at radius 1 is 1.32 bits per heavy atom. The van der Waals surface area contributed by atoms with Gasteiger partial charge in [0, 0.05) is 0 Å². The van der Waals surface area contributed by atoms with Crippen molar-refractivity contribution in [3.63, 3.8) is 0 Å². The topological polar surface area (TPSA) is 89.9 Å². The molecule has 1 N–H and O–H groups in total. The number of rotatable bonds is 6. The number of thiocarbonyl (C=S) groups is 1. The number of nitrogens with zero attached hydrogens (tertiary/aromatic N) is 1. The molecule has 1 aliphatic heterocycles. The van der Waals surface area contributed by atoms with Crippen molar-refractivity contribution in [1.29, 1.82) is 0 Å². The summed E-state index contributed by atoms with van der Waals surface area (Å²) in [5, 5.41) is 21.4. The van der Waals surface area contributed by atoms with Gasteiger partial charge in [0.05, 0.1) is 24.0 Å². The molecule has 6 nitrogen and oxygen atoms in total. The molecule has 0 unspecified atom stereocenters. The number of carbonyl (C=O) groups excluding carboxylic acids is 2. The van der Waals surface area contributed by atoms with E-state index in [1.54, 1.807) is 42.5 Å². The van der Waals surface area contributed by atoms with Crippen molar-refractivity contribution in [2.45, 2.75) is 12.5 Å². The third-order valence-electron chi connectivity index (χ3n) is 4.18. The van der Waals surface area contributed by atoms with E-state index in [1.807, 2.05) is 6.07 Å². The van der Waals surface area contributed by atoms with Crippen LogP contribution in [0.4, 0.5) is 0 Å². The summed E-state index contributed by atoms with van der Waals surface area (Å²) in [4.78, 5) is 26.0. The fourth-order valence-corrected chi connectivity index (χ4v) is 4.16. The number of phenolic OH excluding ortho intramolecular Hbond substituents is 1. The van der Waals surface area contributed by atoms with Crippen LogP contribution >= 0.6 is 24.0 Å². The molecule has 28 heavy (non-hydrogen) atoms. The number of hydrogen-bond donors (Lipinski definition) is 1. The fourth-order valence-electron chi connectivity index (χ4n) is 2.80. The molecule has 0 radical (unpaired) electrons. The number of ether oxygens (including phenoxy) is 1. The molecule has 2 aromatic rings. The Hall–Kier alpha value is -2.84. The minimum Gasteiger partial charge on any atom is -0.548 e. The number of phenols is 1. The molecule has 144 valence electrons. The highest BCUT2D eigenvalue weighted by atomic mass is 32.2. The first-order chi connectivity index (χ1) is 13.4.